The van der Waals surface area contributed by atoms with E-state index in [0.29, 0.717) is 11.7 Å². The summed E-state index contributed by atoms with van der Waals surface area (Å²) in [5.74, 6) is 0. The van der Waals surface area contributed by atoms with Gasteiger partial charge in [-0.3, -0.25) is 0 Å². The quantitative estimate of drug-likeness (QED) is 0.338. The zero-order valence-corrected chi connectivity index (χ0v) is 26.3. The maximum atomic E-state index is 13.9. The smallest absolute Gasteiger partial charge is 0.318 e. The minimum absolute atomic E-state index is 0.0572. The summed E-state index contributed by atoms with van der Waals surface area (Å²) in [6.45, 7) is 7.32. The zero-order chi connectivity index (χ0) is 27.2. The van der Waals surface area contributed by atoms with Crippen molar-refractivity contribution < 1.29 is 4.79 Å². The Bertz CT molecular complexity index is 971. The van der Waals surface area contributed by atoms with Gasteiger partial charge < -0.3 is 10.2 Å². The van der Waals surface area contributed by atoms with Gasteiger partial charge in [0.05, 0.1) is 0 Å². The number of benzene rings is 2. The molecule has 3 nitrogen and oxygen atoms in total. The lowest BCUT2D eigenvalue weighted by molar-refractivity contribution is 0.187. The lowest BCUT2D eigenvalue weighted by Gasteiger charge is -2.42. The molecule has 5 rings (SSSR count). The molecule has 3 aliphatic rings. The van der Waals surface area contributed by atoms with E-state index in [1.165, 1.54) is 81.2 Å². The lowest BCUT2D eigenvalue weighted by Crippen LogP contribution is -2.51. The first-order valence-corrected chi connectivity index (χ1v) is 18.7. The van der Waals surface area contributed by atoms with Gasteiger partial charge in [-0.2, -0.15) is 0 Å². The molecule has 212 valence electrons. The molecule has 1 aliphatic heterocycles. The van der Waals surface area contributed by atoms with E-state index in [0.717, 1.165) is 24.0 Å². The van der Waals surface area contributed by atoms with E-state index >= 15 is 0 Å². The van der Waals surface area contributed by atoms with Crippen molar-refractivity contribution in [3.05, 3.63) is 60.7 Å². The molecular formula is C34H50N2OP2. The molecule has 1 heterocycles. The van der Waals surface area contributed by atoms with Gasteiger partial charge in [-0.15, -0.1) is 0 Å². The average molecular weight is 565 g/mol. The first kappa shape index (κ1) is 29.1. The topological polar surface area (TPSA) is 32.3 Å². The third kappa shape index (κ3) is 7.65. The summed E-state index contributed by atoms with van der Waals surface area (Å²) in [6.07, 6.45) is 16.6. The standard InChI is InChI=1S/C34H50N2OP2/c1-34(2,3)35-33(37)36-25-32(39(30-20-12-6-13-21-30)31-22-14-7-15-23-31)24-27(36)26-38(28-16-8-4-9-17-28)29-18-10-5-11-19-29/h4-5,8-11,16-19,27,30-32H,6-7,12-15,20-26H2,1-3H3,(H,35,37). The molecule has 5 heteroatoms. The van der Waals surface area contributed by atoms with Gasteiger partial charge in [-0.1, -0.05) is 107 Å². The summed E-state index contributed by atoms with van der Waals surface area (Å²) in [7, 11) is -0.585. The van der Waals surface area contributed by atoms with Gasteiger partial charge in [0, 0.05) is 18.1 Å². The van der Waals surface area contributed by atoms with E-state index in [2.05, 4.69) is 91.7 Å². The summed E-state index contributed by atoms with van der Waals surface area (Å²) < 4.78 is 0. The molecule has 0 radical (unpaired) electrons. The highest BCUT2D eigenvalue weighted by atomic mass is 31.1. The Morgan fingerprint density at radius 1 is 0.769 bits per heavy atom. The van der Waals surface area contributed by atoms with Crippen LogP contribution < -0.4 is 15.9 Å². The van der Waals surface area contributed by atoms with Crippen LogP contribution in [0.3, 0.4) is 0 Å². The highest BCUT2D eigenvalue weighted by Gasteiger charge is 2.45. The van der Waals surface area contributed by atoms with Crippen molar-refractivity contribution in [2.75, 3.05) is 12.7 Å². The first-order chi connectivity index (χ1) is 18.9. The molecule has 1 N–H and O–H groups in total. The Morgan fingerprint density at radius 2 is 1.26 bits per heavy atom. The number of hydrogen-bond acceptors (Lipinski definition) is 1. The molecule has 2 saturated carbocycles. The van der Waals surface area contributed by atoms with Crippen LogP contribution in [0, 0.1) is 0 Å². The van der Waals surface area contributed by atoms with Gasteiger partial charge in [0.2, 0.25) is 0 Å². The van der Waals surface area contributed by atoms with Gasteiger partial charge in [0.1, 0.15) is 0 Å². The van der Waals surface area contributed by atoms with Crippen LogP contribution in [-0.2, 0) is 0 Å². The number of carbonyl (C=O) groups excluding carboxylic acids is 1. The van der Waals surface area contributed by atoms with Crippen LogP contribution in [0.15, 0.2) is 60.7 Å². The number of nitrogens with zero attached hydrogens (tertiary/aromatic N) is 1. The molecule has 1 saturated heterocycles. The minimum atomic E-state index is -0.528. The Hall–Kier alpha value is -1.43. The van der Waals surface area contributed by atoms with Gasteiger partial charge in [-0.05, 0) is 94.5 Å². The minimum Gasteiger partial charge on any atom is -0.333 e. The second kappa shape index (κ2) is 13.5. The molecule has 3 fully saturated rings. The maximum absolute atomic E-state index is 13.9. The number of likely N-dealkylation sites (tertiary alicyclic amines) is 1. The molecule has 0 spiro atoms. The summed E-state index contributed by atoms with van der Waals surface area (Å²) in [6, 6.07) is 22.7. The molecule has 2 unspecified atom stereocenters. The van der Waals surface area contributed by atoms with Gasteiger partial charge in [0.15, 0.2) is 0 Å². The second-order valence-electron chi connectivity index (χ2n) is 13.2. The third-order valence-electron chi connectivity index (χ3n) is 9.08. The predicted molar refractivity (Wildman–Crippen MR) is 172 cm³/mol. The number of carbonyl (C=O) groups is 1. The fourth-order valence-electron chi connectivity index (χ4n) is 7.36. The molecule has 39 heavy (non-hydrogen) atoms. The highest BCUT2D eigenvalue weighted by Crippen LogP contribution is 2.61. The largest absolute Gasteiger partial charge is 0.333 e. The number of rotatable bonds is 7. The summed E-state index contributed by atoms with van der Waals surface area (Å²) in [5, 5.41) is 6.23. The SMILES string of the molecule is CC(C)(C)NC(=O)N1CC(P(C2CCCCC2)C2CCCCC2)CC1CP(c1ccccc1)c1ccccc1. The van der Waals surface area contributed by atoms with Crippen LogP contribution in [0.25, 0.3) is 0 Å². The number of nitrogens with one attached hydrogen (secondary N) is 1. The van der Waals surface area contributed by atoms with E-state index < -0.39 is 7.92 Å². The predicted octanol–water partition coefficient (Wildman–Crippen LogP) is 8.22. The average Bonchev–Trinajstić information content (AvgIpc) is 3.36. The number of hydrogen-bond donors (Lipinski definition) is 1. The fourth-order valence-corrected chi connectivity index (χ4v) is 14.5. The Kier molecular flexibility index (Phi) is 10.1. The summed E-state index contributed by atoms with van der Waals surface area (Å²) in [4.78, 5) is 16.2. The Balaban J connectivity index is 1.45. The van der Waals surface area contributed by atoms with Crippen molar-refractivity contribution in [1.82, 2.24) is 10.2 Å². The molecule has 2 aliphatic carbocycles. The fraction of sp³-hybridized carbons (Fsp3) is 0.618. The normalized spacial score (nSPS) is 23.5. The molecule has 2 aromatic rings. The van der Waals surface area contributed by atoms with E-state index in [1.807, 2.05) is 0 Å². The third-order valence-corrected chi connectivity index (χ3v) is 15.6. The van der Waals surface area contributed by atoms with Crippen molar-refractivity contribution in [3.8, 4) is 0 Å². The monoisotopic (exact) mass is 564 g/mol. The van der Waals surface area contributed by atoms with Crippen LogP contribution in [0.5, 0.6) is 0 Å². The van der Waals surface area contributed by atoms with E-state index in [-0.39, 0.29) is 19.5 Å². The van der Waals surface area contributed by atoms with E-state index in [1.54, 1.807) is 0 Å². The first-order valence-electron chi connectivity index (χ1n) is 15.6. The van der Waals surface area contributed by atoms with Crippen LogP contribution in [0.4, 0.5) is 4.79 Å². The van der Waals surface area contributed by atoms with Gasteiger partial charge in [-0.25, -0.2) is 4.79 Å². The van der Waals surface area contributed by atoms with Crippen molar-refractivity contribution >= 4 is 32.5 Å². The molecule has 0 bridgehead atoms. The van der Waals surface area contributed by atoms with Gasteiger partial charge in [0.25, 0.3) is 0 Å². The zero-order valence-electron chi connectivity index (χ0n) is 24.5. The lowest BCUT2D eigenvalue weighted by atomic mass is 9.99. The van der Waals surface area contributed by atoms with Crippen LogP contribution in [0.1, 0.15) is 91.4 Å². The van der Waals surface area contributed by atoms with Crippen LogP contribution in [-0.4, -0.2) is 52.2 Å². The molecule has 2 aromatic carbocycles. The molecule has 2 atom stereocenters. The Labute approximate surface area is 240 Å². The molecule has 2 amide bonds. The van der Waals surface area contributed by atoms with Crippen molar-refractivity contribution in [1.29, 1.82) is 0 Å². The van der Waals surface area contributed by atoms with Crippen molar-refractivity contribution in [2.45, 2.75) is 120 Å². The summed E-state index contributed by atoms with van der Waals surface area (Å²) in [5.41, 5.74) is 2.34. The van der Waals surface area contributed by atoms with Crippen molar-refractivity contribution in [2.24, 2.45) is 0 Å². The van der Waals surface area contributed by atoms with E-state index in [9.17, 15) is 4.79 Å². The van der Waals surface area contributed by atoms with Crippen molar-refractivity contribution in [3.63, 3.8) is 0 Å². The van der Waals surface area contributed by atoms with Crippen LogP contribution in [0.2, 0.25) is 0 Å². The Morgan fingerprint density at radius 3 is 1.72 bits per heavy atom. The van der Waals surface area contributed by atoms with Gasteiger partial charge >= 0.3 is 6.03 Å². The number of urea groups is 1. The van der Waals surface area contributed by atoms with Crippen LogP contribution >= 0.6 is 15.8 Å². The van der Waals surface area contributed by atoms with E-state index in [4.69, 9.17) is 0 Å². The second-order valence-corrected chi connectivity index (χ2v) is 18.5. The molecular weight excluding hydrogens is 514 g/mol. The maximum Gasteiger partial charge on any atom is 0.318 e. The highest BCUT2D eigenvalue weighted by molar-refractivity contribution is 7.73. The molecule has 0 aromatic heterocycles. The summed E-state index contributed by atoms with van der Waals surface area (Å²) >= 11 is 0. The number of amides is 2.